The van der Waals surface area contributed by atoms with Gasteiger partial charge in [-0.1, -0.05) is 6.07 Å². The van der Waals surface area contributed by atoms with Gasteiger partial charge in [0.2, 0.25) is 0 Å². The zero-order valence-electron chi connectivity index (χ0n) is 17.0. The zero-order chi connectivity index (χ0) is 25.2. The molecule has 0 aliphatic rings. The lowest BCUT2D eigenvalue weighted by atomic mass is 10.2. The minimum absolute atomic E-state index is 0.496. The van der Waals surface area contributed by atoms with E-state index in [-0.39, 0.29) is 0 Å². The summed E-state index contributed by atoms with van der Waals surface area (Å²) in [5, 5.41) is 1.70. The molecule has 14 heteroatoms. The number of alkyl halides is 3. The van der Waals surface area contributed by atoms with Gasteiger partial charge < -0.3 is 0 Å². The van der Waals surface area contributed by atoms with Crippen molar-refractivity contribution in [2.75, 3.05) is 25.6 Å². The fourth-order valence-electron chi connectivity index (χ4n) is 2.76. The number of benzene rings is 2. The van der Waals surface area contributed by atoms with E-state index in [1.54, 1.807) is 5.32 Å². The first-order valence-electron chi connectivity index (χ1n) is 8.92. The molecule has 0 saturated heterocycles. The second-order valence-electron chi connectivity index (χ2n) is 7.06. The number of halogens is 6. The maximum Gasteiger partial charge on any atom is 0.446 e. The third-order valence-electron chi connectivity index (χ3n) is 4.45. The molecule has 0 saturated carbocycles. The highest BCUT2D eigenvalue weighted by Gasteiger charge is 2.40. The van der Waals surface area contributed by atoms with Crippen molar-refractivity contribution >= 4 is 39.2 Å². The Kier molecular flexibility index (Phi) is 7.86. The molecular weight excluding hydrogens is 498 g/mol. The molecule has 0 bridgehead atoms. The van der Waals surface area contributed by atoms with Crippen LogP contribution in [-0.2, 0) is 9.84 Å². The van der Waals surface area contributed by atoms with Gasteiger partial charge in [0.1, 0.15) is 23.7 Å². The number of carbonyl (C=O) groups excluding carboxylic acids is 2. The fourth-order valence-corrected chi connectivity index (χ4v) is 4.03. The Morgan fingerprint density at radius 2 is 1.61 bits per heavy atom. The number of hydrogen-bond acceptors (Lipinski definition) is 5. The van der Waals surface area contributed by atoms with Crippen LogP contribution in [0.2, 0.25) is 0 Å². The highest BCUT2D eigenvalue weighted by atomic mass is 32.2. The van der Waals surface area contributed by atoms with Crippen LogP contribution in [0.1, 0.15) is 10.4 Å². The third-order valence-corrected chi connectivity index (χ3v) is 6.10. The highest BCUT2D eigenvalue weighted by molar-refractivity contribution is 8.00. The van der Waals surface area contributed by atoms with Crippen LogP contribution >= 0.6 is 11.8 Å². The molecule has 6 nitrogen and oxygen atoms in total. The molecule has 2 aromatic rings. The summed E-state index contributed by atoms with van der Waals surface area (Å²) in [5.41, 5.74) is -6.38. The molecule has 2 aromatic carbocycles. The topological polar surface area (TPSA) is 80.3 Å². The average molecular weight is 515 g/mol. The molecule has 0 fully saturated rings. The van der Waals surface area contributed by atoms with E-state index in [2.05, 4.69) is 0 Å². The van der Waals surface area contributed by atoms with E-state index in [0.29, 0.717) is 6.07 Å². The number of urea groups is 1. The van der Waals surface area contributed by atoms with Crippen LogP contribution in [0, 0.1) is 17.5 Å². The van der Waals surface area contributed by atoms with Crippen LogP contribution in [0.15, 0.2) is 41.3 Å². The molecule has 3 amide bonds. The number of sulfone groups is 1. The third kappa shape index (κ3) is 6.95. The maximum atomic E-state index is 14.8. The molecule has 33 heavy (non-hydrogen) atoms. The van der Waals surface area contributed by atoms with Crippen molar-refractivity contribution in [1.82, 2.24) is 9.80 Å². The number of thioether (sulfide) groups is 1. The van der Waals surface area contributed by atoms with Gasteiger partial charge >= 0.3 is 11.5 Å². The minimum atomic E-state index is -4.71. The summed E-state index contributed by atoms with van der Waals surface area (Å²) in [4.78, 5) is 24.7. The van der Waals surface area contributed by atoms with Crippen LogP contribution in [0.3, 0.4) is 0 Å². The smallest absolute Gasteiger partial charge is 0.268 e. The van der Waals surface area contributed by atoms with Crippen molar-refractivity contribution in [2.24, 2.45) is 0 Å². The van der Waals surface area contributed by atoms with Crippen LogP contribution in [-0.4, -0.2) is 51.5 Å². The van der Waals surface area contributed by atoms with E-state index in [9.17, 15) is 44.3 Å². The molecule has 2 rings (SSSR count). The molecule has 1 N–H and O–H groups in total. The number of quaternary nitrogens is 1. The van der Waals surface area contributed by atoms with Gasteiger partial charge in [-0.15, -0.1) is 0 Å². The van der Waals surface area contributed by atoms with Crippen LogP contribution in [0.5, 0.6) is 0 Å². The summed E-state index contributed by atoms with van der Waals surface area (Å²) in [5.74, 6) is -6.06. The van der Waals surface area contributed by atoms with Gasteiger partial charge in [0.25, 0.3) is 5.91 Å². The molecule has 0 aliphatic heterocycles. The van der Waals surface area contributed by atoms with Crippen molar-refractivity contribution in [1.29, 1.82) is 0 Å². The van der Waals surface area contributed by atoms with E-state index < -0.39 is 89.4 Å². The van der Waals surface area contributed by atoms with Crippen LogP contribution in [0.4, 0.5) is 36.8 Å². The van der Waals surface area contributed by atoms with E-state index >= 15 is 0 Å². The summed E-state index contributed by atoms with van der Waals surface area (Å²) < 4.78 is 102. The van der Waals surface area contributed by atoms with Crippen molar-refractivity contribution in [2.45, 2.75) is 10.4 Å². The standard InChI is InChI=1S/C19H16F6N2O4S2/c1-27(8-9-33(2,30)31,15-7-6-11(10-14(15)22)32-19(23,24)25)18(29)26-17(28)16-12(20)4-3-5-13(16)21/h3-7,10H,8-9H2,1-2H3/p+1. The molecule has 0 heterocycles. The van der Waals surface area contributed by atoms with Crippen LogP contribution < -0.4 is 9.80 Å². The molecule has 180 valence electrons. The molecule has 0 radical (unpaired) electrons. The molecular formula is C19H17F6N2O4S2+. The van der Waals surface area contributed by atoms with Crippen molar-refractivity contribution < 1.29 is 44.3 Å². The summed E-state index contributed by atoms with van der Waals surface area (Å²) in [6, 6.07) is 3.33. The number of carbonyl (C=O) groups is 2. The van der Waals surface area contributed by atoms with Gasteiger partial charge in [0.15, 0.2) is 21.3 Å². The SMILES string of the molecule is C[N+](CCS(C)(=O)=O)(C(=O)NC(=O)c1c(F)cccc1F)c1ccc(SC(F)(F)F)cc1F. The van der Waals surface area contributed by atoms with Gasteiger partial charge in [0, 0.05) is 17.2 Å². The lowest BCUT2D eigenvalue weighted by molar-refractivity contribution is -0.0328. The van der Waals surface area contributed by atoms with Gasteiger partial charge in [-0.25, -0.2) is 36.2 Å². The van der Waals surface area contributed by atoms with E-state index in [4.69, 9.17) is 0 Å². The molecule has 0 spiro atoms. The first-order valence-corrected chi connectivity index (χ1v) is 11.8. The molecule has 0 aliphatic carbocycles. The number of rotatable bonds is 6. The number of hydrogen-bond donors (Lipinski definition) is 1. The normalized spacial score (nSPS) is 13.9. The van der Waals surface area contributed by atoms with Crippen molar-refractivity contribution in [3.05, 3.63) is 59.4 Å². The van der Waals surface area contributed by atoms with Crippen LogP contribution in [0.25, 0.3) is 0 Å². The second-order valence-corrected chi connectivity index (χ2v) is 10.5. The predicted octanol–water partition coefficient (Wildman–Crippen LogP) is 4.25. The maximum absolute atomic E-state index is 14.8. The first kappa shape index (κ1) is 26.7. The van der Waals surface area contributed by atoms with Gasteiger partial charge in [-0.2, -0.15) is 13.2 Å². The Bertz CT molecular complexity index is 1170. The Morgan fingerprint density at radius 1 is 1.03 bits per heavy atom. The minimum Gasteiger partial charge on any atom is -0.268 e. The van der Waals surface area contributed by atoms with Crippen molar-refractivity contribution in [3.8, 4) is 0 Å². The molecule has 1 unspecified atom stereocenters. The summed E-state index contributed by atoms with van der Waals surface area (Å²) in [6.07, 6.45) is 0.828. The largest absolute Gasteiger partial charge is 0.446 e. The molecule has 1 atom stereocenters. The van der Waals surface area contributed by atoms with E-state index in [0.717, 1.165) is 43.6 Å². The number of imide groups is 1. The quantitative estimate of drug-likeness (QED) is 0.354. The summed E-state index contributed by atoms with van der Waals surface area (Å²) in [7, 11) is -2.71. The predicted molar refractivity (Wildman–Crippen MR) is 110 cm³/mol. The Hall–Kier alpha value is -2.58. The molecule has 0 aromatic heterocycles. The summed E-state index contributed by atoms with van der Waals surface area (Å²) >= 11 is -0.609. The summed E-state index contributed by atoms with van der Waals surface area (Å²) in [6.45, 7) is -0.639. The average Bonchev–Trinajstić information content (AvgIpc) is 2.64. The van der Waals surface area contributed by atoms with Gasteiger partial charge in [-0.05, 0) is 36.0 Å². The monoisotopic (exact) mass is 515 g/mol. The number of nitrogens with zero attached hydrogens (tertiary/aromatic N) is 1. The Labute approximate surface area is 189 Å². The van der Waals surface area contributed by atoms with E-state index in [1.165, 1.54) is 0 Å². The Balaban J connectivity index is 2.46. The lowest BCUT2D eigenvalue weighted by Crippen LogP contribution is -2.59. The van der Waals surface area contributed by atoms with E-state index in [1.807, 2.05) is 0 Å². The highest BCUT2D eigenvalue weighted by Crippen LogP contribution is 2.39. The fraction of sp³-hybridized carbons (Fsp3) is 0.263. The first-order chi connectivity index (χ1) is 15.0. The number of nitrogens with one attached hydrogen (secondary N) is 1. The second kappa shape index (κ2) is 9.73. The van der Waals surface area contributed by atoms with Crippen molar-refractivity contribution in [3.63, 3.8) is 0 Å². The lowest BCUT2D eigenvalue weighted by Gasteiger charge is -2.30. The van der Waals surface area contributed by atoms with Gasteiger partial charge in [-0.3, -0.25) is 4.79 Å². The zero-order valence-corrected chi connectivity index (χ0v) is 18.7. The number of amides is 3. The van der Waals surface area contributed by atoms with Gasteiger partial charge in [0.05, 0.1) is 12.8 Å². The Morgan fingerprint density at radius 3 is 2.09 bits per heavy atom.